The number of rotatable bonds is 4. The average molecular weight is 269 g/mol. The molecule has 4 heteroatoms. The fourth-order valence-electron chi connectivity index (χ4n) is 2.14. The maximum absolute atomic E-state index is 4.32. The van der Waals surface area contributed by atoms with Gasteiger partial charge in [-0.25, -0.2) is 9.97 Å². The van der Waals surface area contributed by atoms with Crippen LogP contribution < -0.4 is 5.32 Å². The molecule has 2 heterocycles. The van der Waals surface area contributed by atoms with E-state index in [0.717, 1.165) is 29.0 Å². The fraction of sp³-hybridized carbons (Fsp3) is 0.200. The van der Waals surface area contributed by atoms with Crippen LogP contribution in [0.1, 0.15) is 11.1 Å². The predicted octanol–water partition coefficient (Wildman–Crippen LogP) is 3.65. The summed E-state index contributed by atoms with van der Waals surface area (Å²) in [5, 5.41) is 6.56. The van der Waals surface area contributed by atoms with E-state index >= 15 is 0 Å². The van der Waals surface area contributed by atoms with E-state index in [-0.39, 0.29) is 0 Å². The smallest absolute Gasteiger partial charge is 0.138 e. The zero-order chi connectivity index (χ0) is 13.1. The maximum atomic E-state index is 4.32. The molecule has 2 aromatic heterocycles. The molecule has 0 bridgehead atoms. The van der Waals surface area contributed by atoms with Gasteiger partial charge in [-0.05, 0) is 35.9 Å². The van der Waals surface area contributed by atoms with Gasteiger partial charge in [0.05, 0.1) is 5.39 Å². The second-order valence-electron chi connectivity index (χ2n) is 4.46. The molecular formula is C15H15N3S. The number of hydrogen-bond acceptors (Lipinski definition) is 4. The number of nitrogens with one attached hydrogen (secondary N) is 1. The van der Waals surface area contributed by atoms with Gasteiger partial charge in [0.25, 0.3) is 0 Å². The Morgan fingerprint density at radius 3 is 2.95 bits per heavy atom. The molecule has 3 rings (SSSR count). The molecule has 0 fully saturated rings. The number of thiophene rings is 1. The van der Waals surface area contributed by atoms with E-state index in [1.807, 2.05) is 5.38 Å². The van der Waals surface area contributed by atoms with Gasteiger partial charge in [-0.2, -0.15) is 0 Å². The number of aromatic nitrogens is 2. The van der Waals surface area contributed by atoms with Crippen molar-refractivity contribution >= 4 is 27.4 Å². The summed E-state index contributed by atoms with van der Waals surface area (Å²) in [7, 11) is 0. The lowest BCUT2D eigenvalue weighted by Gasteiger charge is -2.08. The van der Waals surface area contributed by atoms with Crippen molar-refractivity contribution in [1.29, 1.82) is 0 Å². The first-order chi connectivity index (χ1) is 9.34. The lowest BCUT2D eigenvalue weighted by Crippen LogP contribution is -2.07. The molecule has 19 heavy (non-hydrogen) atoms. The van der Waals surface area contributed by atoms with E-state index < -0.39 is 0 Å². The standard InChI is InChI=1S/C15H15N3S/c1-11-4-2-3-5-12(11)6-8-16-14-13-7-9-19-15(13)18-10-17-14/h2-5,7,9-10H,6,8H2,1H3,(H,16,17,18). The van der Waals surface area contributed by atoms with Gasteiger partial charge in [0.15, 0.2) is 0 Å². The Bertz CT molecular complexity index is 690. The monoisotopic (exact) mass is 269 g/mol. The highest BCUT2D eigenvalue weighted by molar-refractivity contribution is 7.16. The van der Waals surface area contributed by atoms with Crippen LogP contribution in [0.25, 0.3) is 10.2 Å². The van der Waals surface area contributed by atoms with Crippen molar-refractivity contribution in [2.45, 2.75) is 13.3 Å². The molecule has 0 aliphatic rings. The van der Waals surface area contributed by atoms with E-state index in [9.17, 15) is 0 Å². The summed E-state index contributed by atoms with van der Waals surface area (Å²) in [5.41, 5.74) is 2.72. The van der Waals surface area contributed by atoms with Gasteiger partial charge in [0.2, 0.25) is 0 Å². The molecular weight excluding hydrogens is 254 g/mol. The Hall–Kier alpha value is -1.94. The summed E-state index contributed by atoms with van der Waals surface area (Å²) in [4.78, 5) is 9.60. The summed E-state index contributed by atoms with van der Waals surface area (Å²) in [6.45, 7) is 3.03. The molecule has 0 saturated carbocycles. The number of anilines is 1. The molecule has 0 aliphatic heterocycles. The highest BCUT2D eigenvalue weighted by Crippen LogP contribution is 2.23. The Morgan fingerprint density at radius 2 is 2.05 bits per heavy atom. The molecule has 3 nitrogen and oxygen atoms in total. The molecule has 0 unspecified atom stereocenters. The van der Waals surface area contributed by atoms with Crippen molar-refractivity contribution in [2.75, 3.05) is 11.9 Å². The van der Waals surface area contributed by atoms with Gasteiger partial charge in [-0.1, -0.05) is 24.3 Å². The maximum Gasteiger partial charge on any atom is 0.138 e. The first kappa shape index (κ1) is 12.1. The molecule has 0 saturated heterocycles. The van der Waals surface area contributed by atoms with Gasteiger partial charge in [-0.3, -0.25) is 0 Å². The van der Waals surface area contributed by atoms with Gasteiger partial charge in [-0.15, -0.1) is 11.3 Å². The largest absolute Gasteiger partial charge is 0.369 e. The number of fused-ring (bicyclic) bond motifs is 1. The van der Waals surface area contributed by atoms with Gasteiger partial charge in [0, 0.05) is 6.54 Å². The van der Waals surface area contributed by atoms with Crippen LogP contribution in [-0.4, -0.2) is 16.5 Å². The normalized spacial score (nSPS) is 10.8. The number of aryl methyl sites for hydroxylation is 1. The number of benzene rings is 1. The van der Waals surface area contributed by atoms with Crippen LogP contribution in [0.15, 0.2) is 42.0 Å². The highest BCUT2D eigenvalue weighted by Gasteiger charge is 2.04. The van der Waals surface area contributed by atoms with Gasteiger partial charge in [0.1, 0.15) is 17.0 Å². The van der Waals surface area contributed by atoms with Crippen LogP contribution in [0.3, 0.4) is 0 Å². The lowest BCUT2D eigenvalue weighted by molar-refractivity contribution is 0.994. The SMILES string of the molecule is Cc1ccccc1CCNc1ncnc2sccc12. The molecule has 0 aliphatic carbocycles. The summed E-state index contributed by atoms with van der Waals surface area (Å²) >= 11 is 1.64. The second-order valence-corrected chi connectivity index (χ2v) is 5.36. The molecule has 3 aromatic rings. The molecule has 96 valence electrons. The van der Waals surface area contributed by atoms with Crippen LogP contribution in [-0.2, 0) is 6.42 Å². The predicted molar refractivity (Wildman–Crippen MR) is 80.8 cm³/mol. The Morgan fingerprint density at radius 1 is 1.16 bits per heavy atom. The molecule has 1 N–H and O–H groups in total. The topological polar surface area (TPSA) is 37.8 Å². The Labute approximate surface area is 116 Å². The molecule has 0 radical (unpaired) electrons. The van der Waals surface area contributed by atoms with Crippen molar-refractivity contribution in [1.82, 2.24) is 9.97 Å². The second kappa shape index (κ2) is 5.36. The van der Waals surface area contributed by atoms with Crippen LogP contribution in [0.2, 0.25) is 0 Å². The third kappa shape index (κ3) is 2.58. The third-order valence-corrected chi connectivity index (χ3v) is 4.03. The number of hydrogen-bond donors (Lipinski definition) is 1. The van der Waals surface area contributed by atoms with Crippen molar-refractivity contribution in [3.05, 3.63) is 53.2 Å². The van der Waals surface area contributed by atoms with Crippen LogP contribution >= 0.6 is 11.3 Å². The molecule has 0 atom stereocenters. The van der Waals surface area contributed by atoms with Crippen LogP contribution in [0.5, 0.6) is 0 Å². The van der Waals surface area contributed by atoms with Gasteiger partial charge >= 0.3 is 0 Å². The highest BCUT2D eigenvalue weighted by atomic mass is 32.1. The summed E-state index contributed by atoms with van der Waals surface area (Å²) in [5.74, 6) is 0.930. The van der Waals surface area contributed by atoms with Gasteiger partial charge < -0.3 is 5.32 Å². The molecule has 0 spiro atoms. The first-order valence-corrected chi connectivity index (χ1v) is 7.19. The van der Waals surface area contributed by atoms with Crippen molar-refractivity contribution < 1.29 is 0 Å². The van der Waals surface area contributed by atoms with Crippen LogP contribution in [0.4, 0.5) is 5.82 Å². The zero-order valence-corrected chi connectivity index (χ0v) is 11.6. The molecule has 0 amide bonds. The van der Waals surface area contributed by atoms with E-state index in [1.54, 1.807) is 17.7 Å². The summed E-state index contributed by atoms with van der Waals surface area (Å²) in [6.07, 6.45) is 2.62. The minimum Gasteiger partial charge on any atom is -0.369 e. The van der Waals surface area contributed by atoms with Crippen LogP contribution in [0, 0.1) is 6.92 Å². The summed E-state index contributed by atoms with van der Waals surface area (Å²) < 4.78 is 0. The quantitative estimate of drug-likeness (QED) is 0.785. The minimum atomic E-state index is 0.882. The lowest BCUT2D eigenvalue weighted by atomic mass is 10.1. The van der Waals surface area contributed by atoms with E-state index in [4.69, 9.17) is 0 Å². The van der Waals surface area contributed by atoms with E-state index in [2.05, 4.69) is 52.5 Å². The molecule has 1 aromatic carbocycles. The zero-order valence-electron chi connectivity index (χ0n) is 10.8. The van der Waals surface area contributed by atoms with Crippen molar-refractivity contribution in [3.8, 4) is 0 Å². The van der Waals surface area contributed by atoms with E-state index in [1.165, 1.54) is 11.1 Å². The summed E-state index contributed by atoms with van der Waals surface area (Å²) in [6, 6.07) is 10.6. The van der Waals surface area contributed by atoms with E-state index in [0.29, 0.717) is 0 Å². The number of nitrogens with zero attached hydrogens (tertiary/aromatic N) is 2. The third-order valence-electron chi connectivity index (χ3n) is 3.21. The van der Waals surface area contributed by atoms with Crippen molar-refractivity contribution in [2.24, 2.45) is 0 Å². The Balaban J connectivity index is 1.70. The minimum absolute atomic E-state index is 0.882. The van der Waals surface area contributed by atoms with Crippen molar-refractivity contribution in [3.63, 3.8) is 0 Å². The fourth-order valence-corrected chi connectivity index (χ4v) is 2.87. The Kier molecular flexibility index (Phi) is 3.42. The first-order valence-electron chi connectivity index (χ1n) is 6.31. The average Bonchev–Trinajstić information content (AvgIpc) is 2.90.